The largest absolute Gasteiger partial charge is 0.349 e. The van der Waals surface area contributed by atoms with Crippen LogP contribution < -0.4 is 5.32 Å². The summed E-state index contributed by atoms with van der Waals surface area (Å²) in [6.07, 6.45) is 8.43. The van der Waals surface area contributed by atoms with Gasteiger partial charge in [0.1, 0.15) is 5.69 Å². The van der Waals surface area contributed by atoms with Crippen LogP contribution >= 0.6 is 0 Å². The summed E-state index contributed by atoms with van der Waals surface area (Å²) in [5, 5.41) is 2.88. The van der Waals surface area contributed by atoms with Crippen molar-refractivity contribution in [3.8, 4) is 0 Å². The third-order valence-electron chi connectivity index (χ3n) is 3.42. The monoisotopic (exact) mass is 248 g/mol. The second kappa shape index (κ2) is 6.44. The van der Waals surface area contributed by atoms with Gasteiger partial charge in [0.05, 0.1) is 6.20 Å². The molecular formula is C13H20N4O. The summed E-state index contributed by atoms with van der Waals surface area (Å²) in [7, 11) is 0. The molecule has 1 aliphatic heterocycles. The zero-order chi connectivity index (χ0) is 12.8. The van der Waals surface area contributed by atoms with Gasteiger partial charge >= 0.3 is 0 Å². The van der Waals surface area contributed by atoms with Crippen LogP contribution in [0, 0.1) is 0 Å². The van der Waals surface area contributed by atoms with Crippen molar-refractivity contribution in [1.29, 1.82) is 0 Å². The maximum Gasteiger partial charge on any atom is 0.271 e. The topological polar surface area (TPSA) is 58.1 Å². The van der Waals surface area contributed by atoms with E-state index in [0.29, 0.717) is 18.3 Å². The van der Waals surface area contributed by atoms with Gasteiger partial charge < -0.3 is 5.32 Å². The SMILES string of the molecule is C[C@H]1CCCCN1CCNC(=O)c1cnccn1. The number of rotatable bonds is 4. The number of hydrogen-bond acceptors (Lipinski definition) is 4. The molecule has 1 atom stereocenters. The van der Waals surface area contributed by atoms with Gasteiger partial charge in [-0.2, -0.15) is 0 Å². The highest BCUT2D eigenvalue weighted by molar-refractivity contribution is 5.91. The van der Waals surface area contributed by atoms with Crippen molar-refractivity contribution in [1.82, 2.24) is 20.2 Å². The highest BCUT2D eigenvalue weighted by atomic mass is 16.1. The Bertz CT molecular complexity index is 382. The molecule has 2 rings (SSSR count). The molecule has 0 aromatic carbocycles. The second-order valence-corrected chi connectivity index (χ2v) is 4.73. The molecule has 5 nitrogen and oxygen atoms in total. The molecule has 0 saturated carbocycles. The van der Waals surface area contributed by atoms with Crippen LogP contribution in [-0.4, -0.2) is 46.5 Å². The minimum Gasteiger partial charge on any atom is -0.349 e. The van der Waals surface area contributed by atoms with Gasteiger partial charge in [-0.25, -0.2) is 4.98 Å². The molecule has 0 unspecified atom stereocenters. The molecule has 2 heterocycles. The van der Waals surface area contributed by atoms with Crippen LogP contribution in [0.1, 0.15) is 36.7 Å². The van der Waals surface area contributed by atoms with E-state index in [1.54, 1.807) is 6.20 Å². The van der Waals surface area contributed by atoms with Gasteiger partial charge in [0.2, 0.25) is 0 Å². The van der Waals surface area contributed by atoms with Crippen LogP contribution in [0.25, 0.3) is 0 Å². The molecule has 98 valence electrons. The fraction of sp³-hybridized carbons (Fsp3) is 0.615. The van der Waals surface area contributed by atoms with Crippen molar-refractivity contribution >= 4 is 5.91 Å². The minimum absolute atomic E-state index is 0.146. The van der Waals surface area contributed by atoms with E-state index in [9.17, 15) is 4.79 Å². The molecule has 0 spiro atoms. The van der Waals surface area contributed by atoms with Crippen molar-refractivity contribution in [3.05, 3.63) is 24.3 Å². The predicted molar refractivity (Wildman–Crippen MR) is 69.3 cm³/mol. The molecule has 18 heavy (non-hydrogen) atoms. The van der Waals surface area contributed by atoms with E-state index in [0.717, 1.165) is 13.1 Å². The zero-order valence-electron chi connectivity index (χ0n) is 10.8. The van der Waals surface area contributed by atoms with Crippen molar-refractivity contribution in [2.24, 2.45) is 0 Å². The van der Waals surface area contributed by atoms with Gasteiger partial charge in [0.15, 0.2) is 0 Å². The number of hydrogen-bond donors (Lipinski definition) is 1. The zero-order valence-corrected chi connectivity index (χ0v) is 10.8. The summed E-state index contributed by atoms with van der Waals surface area (Å²) >= 11 is 0. The normalized spacial score (nSPS) is 20.6. The van der Waals surface area contributed by atoms with Gasteiger partial charge in [0.25, 0.3) is 5.91 Å². The number of nitrogens with zero attached hydrogens (tertiary/aromatic N) is 3. The van der Waals surface area contributed by atoms with E-state index in [1.807, 2.05) is 0 Å². The molecular weight excluding hydrogens is 228 g/mol. The van der Waals surface area contributed by atoms with E-state index < -0.39 is 0 Å². The summed E-state index contributed by atoms with van der Waals surface area (Å²) in [6, 6.07) is 0.632. The minimum atomic E-state index is -0.146. The van der Waals surface area contributed by atoms with Crippen LogP contribution in [0.3, 0.4) is 0 Å². The Balaban J connectivity index is 1.73. The Morgan fingerprint density at radius 2 is 2.39 bits per heavy atom. The number of carbonyl (C=O) groups excluding carboxylic acids is 1. The Kier molecular flexibility index (Phi) is 4.64. The summed E-state index contributed by atoms with van der Waals surface area (Å²) in [5.41, 5.74) is 0.379. The van der Waals surface area contributed by atoms with Crippen LogP contribution in [-0.2, 0) is 0 Å². The first-order valence-corrected chi connectivity index (χ1v) is 6.55. The van der Waals surface area contributed by atoms with Crippen LogP contribution in [0.4, 0.5) is 0 Å². The van der Waals surface area contributed by atoms with Crippen molar-refractivity contribution < 1.29 is 4.79 Å². The molecule has 1 aliphatic rings. The van der Waals surface area contributed by atoms with E-state index in [-0.39, 0.29) is 5.91 Å². The molecule has 1 aromatic rings. The molecule has 0 aliphatic carbocycles. The van der Waals surface area contributed by atoms with E-state index in [2.05, 4.69) is 27.1 Å². The fourth-order valence-corrected chi connectivity index (χ4v) is 2.31. The number of piperidine rings is 1. The van der Waals surface area contributed by atoms with E-state index in [1.165, 1.54) is 31.7 Å². The quantitative estimate of drug-likeness (QED) is 0.866. The summed E-state index contributed by atoms with van der Waals surface area (Å²) < 4.78 is 0. The van der Waals surface area contributed by atoms with Crippen LogP contribution in [0.2, 0.25) is 0 Å². The Morgan fingerprint density at radius 3 is 3.11 bits per heavy atom. The molecule has 0 radical (unpaired) electrons. The van der Waals surface area contributed by atoms with Crippen molar-refractivity contribution in [2.45, 2.75) is 32.2 Å². The lowest BCUT2D eigenvalue weighted by atomic mass is 10.0. The second-order valence-electron chi connectivity index (χ2n) is 4.73. The Morgan fingerprint density at radius 1 is 1.50 bits per heavy atom. The molecule has 1 fully saturated rings. The average Bonchev–Trinajstić information content (AvgIpc) is 2.42. The first-order valence-electron chi connectivity index (χ1n) is 6.55. The molecule has 1 amide bonds. The lowest BCUT2D eigenvalue weighted by molar-refractivity contribution is 0.0933. The first kappa shape index (κ1) is 13.0. The molecule has 1 saturated heterocycles. The maximum absolute atomic E-state index is 11.7. The summed E-state index contributed by atoms with van der Waals surface area (Å²) in [4.78, 5) is 22.0. The summed E-state index contributed by atoms with van der Waals surface area (Å²) in [5.74, 6) is -0.146. The van der Waals surface area contributed by atoms with Crippen LogP contribution in [0.15, 0.2) is 18.6 Å². The summed E-state index contributed by atoms with van der Waals surface area (Å²) in [6.45, 7) is 4.97. The maximum atomic E-state index is 11.7. The number of likely N-dealkylation sites (tertiary alicyclic amines) is 1. The van der Waals surface area contributed by atoms with Gasteiger partial charge in [-0.05, 0) is 26.3 Å². The van der Waals surface area contributed by atoms with E-state index in [4.69, 9.17) is 0 Å². The number of carbonyl (C=O) groups is 1. The highest BCUT2D eigenvalue weighted by Gasteiger charge is 2.17. The third-order valence-corrected chi connectivity index (χ3v) is 3.42. The molecule has 0 bridgehead atoms. The standard InChI is InChI=1S/C13H20N4O/c1-11-4-2-3-8-17(11)9-7-16-13(18)12-10-14-5-6-15-12/h5-6,10-11H,2-4,7-9H2,1H3,(H,16,18)/t11-/m0/s1. The van der Waals surface area contributed by atoms with Gasteiger partial charge in [-0.3, -0.25) is 14.7 Å². The lowest BCUT2D eigenvalue weighted by Gasteiger charge is -2.33. The third kappa shape index (κ3) is 3.50. The van der Waals surface area contributed by atoms with Gasteiger partial charge in [-0.1, -0.05) is 6.42 Å². The number of nitrogens with one attached hydrogen (secondary N) is 1. The van der Waals surface area contributed by atoms with Crippen LogP contribution in [0.5, 0.6) is 0 Å². The molecule has 1 N–H and O–H groups in total. The Hall–Kier alpha value is -1.49. The first-order chi connectivity index (χ1) is 8.77. The smallest absolute Gasteiger partial charge is 0.271 e. The fourth-order valence-electron chi connectivity index (χ4n) is 2.31. The van der Waals surface area contributed by atoms with Crippen molar-refractivity contribution in [3.63, 3.8) is 0 Å². The van der Waals surface area contributed by atoms with Gasteiger partial charge in [-0.15, -0.1) is 0 Å². The number of amides is 1. The molecule has 1 aromatic heterocycles. The predicted octanol–water partition coefficient (Wildman–Crippen LogP) is 1.08. The highest BCUT2D eigenvalue weighted by Crippen LogP contribution is 2.15. The van der Waals surface area contributed by atoms with Crippen molar-refractivity contribution in [2.75, 3.05) is 19.6 Å². The number of aromatic nitrogens is 2. The van der Waals surface area contributed by atoms with Gasteiger partial charge in [0, 0.05) is 31.5 Å². The molecule has 5 heteroatoms. The average molecular weight is 248 g/mol. The Labute approximate surface area is 108 Å². The van der Waals surface area contributed by atoms with E-state index >= 15 is 0 Å². The lowest BCUT2D eigenvalue weighted by Crippen LogP contribution is -2.42.